The van der Waals surface area contributed by atoms with E-state index in [0.29, 0.717) is 0 Å². The fraction of sp³-hybridized carbons (Fsp3) is 0.500. The van der Waals surface area contributed by atoms with Crippen LogP contribution >= 0.6 is 7.82 Å². The molecule has 0 spiro atoms. The molecule has 0 saturated heterocycles. The van der Waals surface area contributed by atoms with Gasteiger partial charge in [0.25, 0.3) is 0 Å². The van der Waals surface area contributed by atoms with E-state index in [9.17, 15) is 24.3 Å². The maximum absolute atomic E-state index is 10.7. The Bertz CT molecular complexity index is 374. The van der Waals surface area contributed by atoms with Crippen LogP contribution in [-0.4, -0.2) is 63.2 Å². The molecule has 92 valence electrons. The minimum atomic E-state index is -5.27. The molecular formula is C6H7MgO9P. The molecule has 1 aliphatic rings. The number of carbonyl (C=O) groups excluding carboxylic acids is 1. The second-order valence-corrected chi connectivity index (χ2v) is 4.02. The Kier molecular flexibility index (Phi) is 5.88. The average molecular weight is 278 g/mol. The van der Waals surface area contributed by atoms with Gasteiger partial charge in [0, 0.05) is 0 Å². The average Bonchev–Trinajstić information content (AvgIpc) is 2.41. The molecule has 3 N–H and O–H groups in total. The minimum Gasteiger partial charge on any atom is -0.790 e. The van der Waals surface area contributed by atoms with Crippen LogP contribution in [0.3, 0.4) is 0 Å². The fourth-order valence-electron chi connectivity index (χ4n) is 0.982. The van der Waals surface area contributed by atoms with Crippen molar-refractivity contribution < 1.29 is 43.7 Å². The standard InChI is InChI=1S/C6H9O9P.Mg/c7-2(1-14-16(11,12)13)5-3(8)4(9)6(10)15-5;/h2,5,7-9H,1H2,(H2,11,12,13);/q;+2/p-2/t2?,5-;/m0./s1. The van der Waals surface area contributed by atoms with Gasteiger partial charge in [-0.15, -0.1) is 0 Å². The van der Waals surface area contributed by atoms with Gasteiger partial charge < -0.3 is 38.9 Å². The summed E-state index contributed by atoms with van der Waals surface area (Å²) < 4.78 is 18.1. The Balaban J connectivity index is 0.00000256. The summed E-state index contributed by atoms with van der Waals surface area (Å²) >= 11 is 0. The molecule has 0 fully saturated rings. The molecule has 17 heavy (non-hydrogen) atoms. The van der Waals surface area contributed by atoms with E-state index in [-0.39, 0.29) is 23.1 Å². The van der Waals surface area contributed by atoms with Gasteiger partial charge in [0.15, 0.2) is 11.9 Å². The zero-order valence-electron chi connectivity index (χ0n) is 8.31. The molecule has 0 aliphatic carbocycles. The molecule has 0 aromatic carbocycles. The van der Waals surface area contributed by atoms with Crippen molar-refractivity contribution in [2.45, 2.75) is 12.2 Å². The van der Waals surface area contributed by atoms with Crippen LogP contribution < -0.4 is 9.79 Å². The van der Waals surface area contributed by atoms with Crippen molar-refractivity contribution in [2.24, 2.45) is 0 Å². The van der Waals surface area contributed by atoms with Gasteiger partial charge in [0.05, 0.1) is 14.4 Å². The fourth-order valence-corrected chi connectivity index (χ4v) is 1.32. The number of phosphoric ester groups is 1. The number of cyclic esters (lactones) is 1. The van der Waals surface area contributed by atoms with E-state index in [4.69, 9.17) is 10.2 Å². The third-order valence-corrected chi connectivity index (χ3v) is 2.16. The molecule has 0 bridgehead atoms. The topological polar surface area (TPSA) is 159 Å². The van der Waals surface area contributed by atoms with E-state index in [2.05, 4.69) is 9.26 Å². The summed E-state index contributed by atoms with van der Waals surface area (Å²) in [5, 5.41) is 27.1. The van der Waals surface area contributed by atoms with Crippen molar-refractivity contribution in [1.82, 2.24) is 0 Å². The van der Waals surface area contributed by atoms with E-state index in [1.54, 1.807) is 0 Å². The van der Waals surface area contributed by atoms with Crippen molar-refractivity contribution in [2.75, 3.05) is 6.61 Å². The van der Waals surface area contributed by atoms with E-state index >= 15 is 0 Å². The molecule has 1 unspecified atom stereocenters. The Morgan fingerprint density at radius 1 is 1.47 bits per heavy atom. The first-order valence-electron chi connectivity index (χ1n) is 3.90. The maximum atomic E-state index is 10.7. The Hall–Kier alpha value is -0.354. The first kappa shape index (κ1) is 16.6. The van der Waals surface area contributed by atoms with Crippen molar-refractivity contribution in [3.63, 3.8) is 0 Å². The zero-order valence-corrected chi connectivity index (χ0v) is 10.6. The Labute approximate surface area is 111 Å². The summed E-state index contributed by atoms with van der Waals surface area (Å²) in [7, 11) is -5.27. The van der Waals surface area contributed by atoms with Crippen LogP contribution in [0.5, 0.6) is 0 Å². The number of phosphoric acid groups is 1. The summed E-state index contributed by atoms with van der Waals surface area (Å²) in [5.41, 5.74) is 0. The van der Waals surface area contributed by atoms with E-state index < -0.39 is 44.1 Å². The minimum absolute atomic E-state index is 0. The van der Waals surface area contributed by atoms with E-state index in [1.165, 1.54) is 0 Å². The molecule has 1 heterocycles. The number of rotatable bonds is 4. The van der Waals surface area contributed by atoms with Gasteiger partial charge in [-0.1, -0.05) is 0 Å². The van der Waals surface area contributed by atoms with Gasteiger partial charge >= 0.3 is 29.0 Å². The van der Waals surface area contributed by atoms with Crippen molar-refractivity contribution >= 4 is 36.8 Å². The van der Waals surface area contributed by atoms with Crippen LogP contribution in [-0.2, 0) is 18.6 Å². The summed E-state index contributed by atoms with van der Waals surface area (Å²) in [6, 6.07) is 0. The Morgan fingerprint density at radius 2 is 2.00 bits per heavy atom. The molecule has 0 amide bonds. The molecule has 2 atom stereocenters. The largest absolute Gasteiger partial charge is 2.00 e. The Morgan fingerprint density at radius 3 is 2.35 bits per heavy atom. The summed E-state index contributed by atoms with van der Waals surface area (Å²) in [4.78, 5) is 30.8. The molecular weight excluding hydrogens is 271 g/mol. The first-order valence-corrected chi connectivity index (χ1v) is 5.36. The summed E-state index contributed by atoms with van der Waals surface area (Å²) in [6.45, 7) is -1.00. The van der Waals surface area contributed by atoms with Crippen LogP contribution in [0.1, 0.15) is 0 Å². The number of aliphatic hydroxyl groups is 3. The van der Waals surface area contributed by atoms with Crippen molar-refractivity contribution in [3.8, 4) is 0 Å². The normalized spacial score (nSPS) is 22.1. The van der Waals surface area contributed by atoms with Gasteiger partial charge in [0.2, 0.25) is 5.76 Å². The van der Waals surface area contributed by atoms with Crippen LogP contribution in [0.4, 0.5) is 0 Å². The van der Waals surface area contributed by atoms with Gasteiger partial charge in [0.1, 0.15) is 6.10 Å². The van der Waals surface area contributed by atoms with Crippen LogP contribution in [0, 0.1) is 0 Å². The number of esters is 1. The molecule has 9 nitrogen and oxygen atoms in total. The first-order chi connectivity index (χ1) is 7.22. The van der Waals surface area contributed by atoms with Gasteiger partial charge in [-0.2, -0.15) is 0 Å². The quantitative estimate of drug-likeness (QED) is 0.278. The molecule has 0 aromatic heterocycles. The third-order valence-electron chi connectivity index (χ3n) is 1.69. The van der Waals surface area contributed by atoms with Gasteiger partial charge in [-0.05, 0) is 0 Å². The number of aliphatic hydroxyl groups excluding tert-OH is 3. The monoisotopic (exact) mass is 278 g/mol. The SMILES string of the molecule is O=C1O[C@@H](C(O)COP(=O)([O-])[O-])C(O)=C1O.[Mg+2]. The number of hydrogen-bond donors (Lipinski definition) is 3. The number of carbonyl (C=O) groups is 1. The molecule has 1 aliphatic heterocycles. The molecule has 1 rings (SSSR count). The smallest absolute Gasteiger partial charge is 0.790 e. The summed E-state index contributed by atoms with van der Waals surface area (Å²) in [5.74, 6) is -3.31. The van der Waals surface area contributed by atoms with E-state index in [0.717, 1.165) is 0 Å². The van der Waals surface area contributed by atoms with Crippen LogP contribution in [0.25, 0.3) is 0 Å². The van der Waals surface area contributed by atoms with Gasteiger partial charge in [-0.25, -0.2) is 4.79 Å². The third kappa shape index (κ3) is 4.43. The van der Waals surface area contributed by atoms with E-state index in [1.807, 2.05) is 0 Å². The number of hydrogen-bond acceptors (Lipinski definition) is 9. The number of ether oxygens (including phenoxy) is 1. The second kappa shape index (κ2) is 6.00. The van der Waals surface area contributed by atoms with Crippen LogP contribution in [0.2, 0.25) is 0 Å². The molecule has 11 heteroatoms. The van der Waals surface area contributed by atoms with Crippen LogP contribution in [0.15, 0.2) is 11.5 Å². The predicted molar refractivity (Wildman–Crippen MR) is 47.5 cm³/mol. The molecule has 0 radical (unpaired) electrons. The second-order valence-electron chi connectivity index (χ2n) is 2.87. The maximum Gasteiger partial charge on any atom is 2.00 e. The molecule has 0 aromatic rings. The van der Waals surface area contributed by atoms with Crippen molar-refractivity contribution in [1.29, 1.82) is 0 Å². The van der Waals surface area contributed by atoms with Crippen molar-refractivity contribution in [3.05, 3.63) is 11.5 Å². The zero-order chi connectivity index (χ0) is 12.5. The van der Waals surface area contributed by atoms with Gasteiger partial charge in [-0.3, -0.25) is 0 Å². The molecule has 0 saturated carbocycles. The predicted octanol–water partition coefficient (Wildman–Crippen LogP) is -2.94. The summed E-state index contributed by atoms with van der Waals surface area (Å²) in [6.07, 6.45) is -3.44.